The van der Waals surface area contributed by atoms with Crippen molar-refractivity contribution < 1.29 is 9.90 Å². The van der Waals surface area contributed by atoms with Gasteiger partial charge >= 0.3 is 0 Å². The molecule has 0 unspecified atom stereocenters. The van der Waals surface area contributed by atoms with Gasteiger partial charge in [0.2, 0.25) is 0 Å². The van der Waals surface area contributed by atoms with Gasteiger partial charge in [-0.25, -0.2) is 0 Å². The monoisotopic (exact) mass is 277 g/mol. The Bertz CT molecular complexity index is 580. The van der Waals surface area contributed by atoms with Crippen LogP contribution in [-0.4, -0.2) is 26.5 Å². The Morgan fingerprint density at radius 3 is 2.63 bits per heavy atom. The van der Waals surface area contributed by atoms with Crippen molar-refractivity contribution in [3.63, 3.8) is 0 Å². The quantitative estimate of drug-likeness (QED) is 0.627. The Morgan fingerprint density at radius 2 is 2.05 bits per heavy atom. The van der Waals surface area contributed by atoms with E-state index in [1.807, 2.05) is 23.6 Å². The van der Waals surface area contributed by atoms with Gasteiger partial charge in [-0.1, -0.05) is 11.8 Å². The lowest BCUT2D eigenvalue weighted by Gasteiger charge is -2.07. The molecule has 0 radical (unpaired) electrons. The third kappa shape index (κ3) is 3.05. The maximum Gasteiger partial charge on any atom is 0.191 e. The fourth-order valence-corrected chi connectivity index (χ4v) is 2.37. The second kappa shape index (κ2) is 5.75. The van der Waals surface area contributed by atoms with Crippen molar-refractivity contribution in [2.75, 3.05) is 11.5 Å². The molecule has 1 aromatic carbocycles. The number of carboxylic acids is 1. The highest BCUT2D eigenvalue weighted by molar-refractivity contribution is 7.99. The standard InChI is InChI=1S/C12H14N4O2S/c1-2-16-11(8-3-5-9(13)6-4-8)14-15-12(16)19-7-10(17)18/h3-6H,2,7,13H2,1H3,(H,17,18)/p-1. The maximum absolute atomic E-state index is 10.5. The van der Waals surface area contributed by atoms with Crippen LogP contribution in [0.2, 0.25) is 0 Å². The molecule has 0 fully saturated rings. The van der Waals surface area contributed by atoms with Gasteiger partial charge in [0, 0.05) is 23.5 Å². The van der Waals surface area contributed by atoms with Crippen LogP contribution in [0.1, 0.15) is 6.92 Å². The van der Waals surface area contributed by atoms with E-state index in [1.165, 1.54) is 0 Å². The predicted octanol–water partition coefficient (Wildman–Crippen LogP) is 0.389. The highest BCUT2D eigenvalue weighted by Gasteiger charge is 2.12. The van der Waals surface area contributed by atoms with E-state index in [0.29, 0.717) is 23.2 Å². The lowest BCUT2D eigenvalue weighted by atomic mass is 10.2. The van der Waals surface area contributed by atoms with E-state index in [-0.39, 0.29) is 5.75 Å². The first kappa shape index (κ1) is 13.4. The third-order valence-electron chi connectivity index (χ3n) is 2.52. The molecule has 0 atom stereocenters. The predicted molar refractivity (Wildman–Crippen MR) is 71.3 cm³/mol. The molecule has 0 saturated carbocycles. The molecule has 0 aliphatic rings. The molecular weight excluding hydrogens is 264 g/mol. The van der Waals surface area contributed by atoms with Crippen molar-refractivity contribution in [1.82, 2.24) is 14.8 Å². The van der Waals surface area contributed by atoms with E-state index in [1.54, 1.807) is 12.1 Å². The van der Waals surface area contributed by atoms with E-state index >= 15 is 0 Å². The molecule has 2 N–H and O–H groups in total. The summed E-state index contributed by atoms with van der Waals surface area (Å²) in [6, 6.07) is 7.30. The minimum absolute atomic E-state index is 0.139. The Morgan fingerprint density at radius 1 is 1.37 bits per heavy atom. The zero-order valence-electron chi connectivity index (χ0n) is 10.4. The summed E-state index contributed by atoms with van der Waals surface area (Å²) in [5.74, 6) is -0.562. The summed E-state index contributed by atoms with van der Waals surface area (Å²) in [5.41, 5.74) is 7.21. The van der Waals surface area contributed by atoms with Crippen LogP contribution in [0.15, 0.2) is 29.4 Å². The van der Waals surface area contributed by atoms with Crippen molar-refractivity contribution >= 4 is 23.4 Å². The summed E-state index contributed by atoms with van der Waals surface area (Å²) in [7, 11) is 0. The summed E-state index contributed by atoms with van der Waals surface area (Å²) < 4.78 is 1.86. The van der Waals surface area contributed by atoms with Gasteiger partial charge in [-0.3, -0.25) is 0 Å². The molecular formula is C12H13N4O2S-. The number of thioether (sulfide) groups is 1. The van der Waals surface area contributed by atoms with Gasteiger partial charge in [0.15, 0.2) is 11.0 Å². The molecule has 7 heteroatoms. The van der Waals surface area contributed by atoms with Crippen LogP contribution >= 0.6 is 11.8 Å². The number of benzene rings is 1. The number of hydrogen-bond acceptors (Lipinski definition) is 6. The van der Waals surface area contributed by atoms with Crippen LogP contribution in [0.25, 0.3) is 11.4 Å². The molecule has 100 valence electrons. The molecule has 1 heterocycles. The van der Waals surface area contributed by atoms with Gasteiger partial charge in [-0.05, 0) is 31.2 Å². The number of nitrogen functional groups attached to an aromatic ring is 1. The van der Waals surface area contributed by atoms with E-state index in [2.05, 4.69) is 10.2 Å². The number of rotatable bonds is 5. The van der Waals surface area contributed by atoms with Gasteiger partial charge in [-0.15, -0.1) is 10.2 Å². The summed E-state index contributed by atoms with van der Waals surface area (Å²) in [6.07, 6.45) is 0. The zero-order valence-corrected chi connectivity index (χ0v) is 11.2. The van der Waals surface area contributed by atoms with E-state index in [0.717, 1.165) is 17.3 Å². The van der Waals surface area contributed by atoms with Crippen molar-refractivity contribution in [1.29, 1.82) is 0 Å². The molecule has 2 rings (SSSR count). The average molecular weight is 277 g/mol. The summed E-state index contributed by atoms with van der Waals surface area (Å²) >= 11 is 1.10. The van der Waals surface area contributed by atoms with E-state index in [4.69, 9.17) is 5.73 Å². The van der Waals surface area contributed by atoms with E-state index < -0.39 is 5.97 Å². The van der Waals surface area contributed by atoms with Crippen LogP contribution in [0.3, 0.4) is 0 Å². The first-order valence-corrected chi connectivity index (χ1v) is 6.72. The van der Waals surface area contributed by atoms with E-state index in [9.17, 15) is 9.90 Å². The number of hydrogen-bond donors (Lipinski definition) is 1. The Labute approximate surface area is 114 Å². The number of nitrogens with zero attached hydrogens (tertiary/aromatic N) is 3. The minimum atomic E-state index is -1.12. The number of carbonyl (C=O) groups excluding carboxylic acids is 1. The molecule has 0 spiro atoms. The zero-order chi connectivity index (χ0) is 13.8. The Hall–Kier alpha value is -2.02. The molecule has 0 saturated heterocycles. The summed E-state index contributed by atoms with van der Waals surface area (Å²) in [6.45, 7) is 2.61. The second-order valence-corrected chi connectivity index (χ2v) is 4.78. The second-order valence-electron chi connectivity index (χ2n) is 3.83. The number of aromatic nitrogens is 3. The van der Waals surface area contributed by atoms with Crippen molar-refractivity contribution in [2.24, 2.45) is 0 Å². The van der Waals surface area contributed by atoms with Crippen molar-refractivity contribution in [3.8, 4) is 11.4 Å². The highest BCUT2D eigenvalue weighted by atomic mass is 32.2. The smallest absolute Gasteiger partial charge is 0.191 e. The fraction of sp³-hybridized carbons (Fsp3) is 0.250. The van der Waals surface area contributed by atoms with Gasteiger partial charge in [0.1, 0.15) is 0 Å². The number of carboxylic acid groups (broad SMARTS) is 1. The SMILES string of the molecule is CCn1c(SCC(=O)[O-])nnc1-c1ccc(N)cc1. The van der Waals surface area contributed by atoms with Crippen LogP contribution in [-0.2, 0) is 11.3 Å². The lowest BCUT2D eigenvalue weighted by molar-refractivity contribution is -0.301. The first-order chi connectivity index (χ1) is 9.11. The molecule has 6 nitrogen and oxygen atoms in total. The maximum atomic E-state index is 10.5. The minimum Gasteiger partial charge on any atom is -0.549 e. The summed E-state index contributed by atoms with van der Waals surface area (Å²) in [4.78, 5) is 10.5. The van der Waals surface area contributed by atoms with Gasteiger partial charge in [-0.2, -0.15) is 0 Å². The molecule has 0 bridgehead atoms. The number of nitrogens with two attached hydrogens (primary N) is 1. The normalized spacial score (nSPS) is 10.6. The van der Waals surface area contributed by atoms with Crippen molar-refractivity contribution in [3.05, 3.63) is 24.3 Å². The number of anilines is 1. The lowest BCUT2D eigenvalue weighted by Crippen LogP contribution is -2.24. The molecule has 0 aliphatic carbocycles. The molecule has 19 heavy (non-hydrogen) atoms. The summed E-state index contributed by atoms with van der Waals surface area (Å²) in [5, 5.41) is 19.2. The number of carbonyl (C=O) groups is 1. The first-order valence-electron chi connectivity index (χ1n) is 5.73. The highest BCUT2D eigenvalue weighted by Crippen LogP contribution is 2.24. The van der Waals surface area contributed by atoms with Gasteiger partial charge in [0.25, 0.3) is 0 Å². The topological polar surface area (TPSA) is 96.9 Å². The van der Waals surface area contributed by atoms with Crippen LogP contribution < -0.4 is 10.8 Å². The molecule has 2 aromatic rings. The van der Waals surface area contributed by atoms with Crippen LogP contribution in [0, 0.1) is 0 Å². The largest absolute Gasteiger partial charge is 0.549 e. The molecule has 0 aliphatic heterocycles. The Balaban J connectivity index is 2.31. The van der Waals surface area contributed by atoms with Gasteiger partial charge < -0.3 is 20.2 Å². The van der Waals surface area contributed by atoms with Crippen LogP contribution in [0.5, 0.6) is 0 Å². The molecule has 0 amide bonds. The number of aliphatic carboxylic acids is 1. The van der Waals surface area contributed by atoms with Gasteiger partial charge in [0.05, 0.1) is 5.97 Å². The average Bonchev–Trinajstić information content (AvgIpc) is 2.80. The van der Waals surface area contributed by atoms with Crippen molar-refractivity contribution in [2.45, 2.75) is 18.6 Å². The fourth-order valence-electron chi connectivity index (χ4n) is 1.65. The van der Waals surface area contributed by atoms with Crippen LogP contribution in [0.4, 0.5) is 5.69 Å². The third-order valence-corrected chi connectivity index (χ3v) is 3.46. The molecule has 1 aromatic heterocycles. The Kier molecular flexibility index (Phi) is 4.06.